The number of nitrogen functional groups attached to an aromatic ring is 1. The Morgan fingerprint density at radius 1 is 1.33 bits per heavy atom. The van der Waals surface area contributed by atoms with Crippen LogP contribution in [0.2, 0.25) is 0 Å². The number of hydrogen-bond donors (Lipinski definition) is 2. The number of ether oxygens (including phenoxy) is 1. The lowest BCUT2D eigenvalue weighted by molar-refractivity contribution is -0.00886. The second kappa shape index (κ2) is 5.40. The minimum Gasteiger partial charge on any atom is -0.374 e. The third-order valence-electron chi connectivity index (χ3n) is 4.44. The second-order valence-electron chi connectivity index (χ2n) is 5.61. The molecule has 112 valence electrons. The lowest BCUT2D eigenvalue weighted by Crippen LogP contribution is -2.53. The molecule has 7 heteroatoms. The van der Waals surface area contributed by atoms with E-state index in [2.05, 4.69) is 31.7 Å². The van der Waals surface area contributed by atoms with Gasteiger partial charge >= 0.3 is 0 Å². The Balaban J connectivity index is 1.78. The van der Waals surface area contributed by atoms with Crippen LogP contribution in [0.25, 0.3) is 10.2 Å². The van der Waals surface area contributed by atoms with Crippen molar-refractivity contribution in [2.24, 2.45) is 5.84 Å². The van der Waals surface area contributed by atoms with Gasteiger partial charge in [-0.3, -0.25) is 5.43 Å². The summed E-state index contributed by atoms with van der Waals surface area (Å²) in [6.45, 7) is 1.65. The number of morpholine rings is 1. The smallest absolute Gasteiger partial charge is 0.240 e. The van der Waals surface area contributed by atoms with Gasteiger partial charge in [-0.1, -0.05) is 12.8 Å². The maximum atomic E-state index is 5.96. The van der Waals surface area contributed by atoms with Crippen molar-refractivity contribution in [2.45, 2.75) is 37.8 Å². The quantitative estimate of drug-likeness (QED) is 0.654. The molecule has 2 aromatic heterocycles. The van der Waals surface area contributed by atoms with Crippen LogP contribution in [0.1, 0.15) is 25.7 Å². The van der Waals surface area contributed by atoms with Gasteiger partial charge in [0.05, 0.1) is 24.1 Å². The van der Waals surface area contributed by atoms with Crippen molar-refractivity contribution < 1.29 is 4.74 Å². The van der Waals surface area contributed by atoms with Gasteiger partial charge in [-0.15, -0.1) is 11.3 Å². The Morgan fingerprint density at radius 3 is 3.14 bits per heavy atom. The monoisotopic (exact) mass is 305 g/mol. The number of anilines is 2. The summed E-state index contributed by atoms with van der Waals surface area (Å²) in [5, 5.41) is 3.17. The van der Waals surface area contributed by atoms with E-state index in [0.29, 0.717) is 18.1 Å². The Hall–Kier alpha value is -1.44. The summed E-state index contributed by atoms with van der Waals surface area (Å²) in [7, 11) is 0. The van der Waals surface area contributed by atoms with E-state index in [9.17, 15) is 0 Å². The summed E-state index contributed by atoms with van der Waals surface area (Å²) < 4.78 is 5.96. The molecule has 0 amide bonds. The van der Waals surface area contributed by atoms with Crippen LogP contribution < -0.4 is 16.2 Å². The number of nitrogens with two attached hydrogens (primary N) is 1. The van der Waals surface area contributed by atoms with Crippen LogP contribution in [0.15, 0.2) is 11.4 Å². The van der Waals surface area contributed by atoms with E-state index in [0.717, 1.165) is 35.6 Å². The molecule has 3 N–H and O–H groups in total. The third-order valence-corrected chi connectivity index (χ3v) is 5.24. The Bertz CT molecular complexity index is 643. The zero-order chi connectivity index (χ0) is 14.2. The van der Waals surface area contributed by atoms with Gasteiger partial charge in [0.2, 0.25) is 5.95 Å². The van der Waals surface area contributed by atoms with E-state index in [1.165, 1.54) is 19.3 Å². The molecule has 6 nitrogen and oxygen atoms in total. The fraction of sp³-hybridized carbons (Fsp3) is 0.571. The Kier molecular flexibility index (Phi) is 3.40. The number of hydrazine groups is 1. The fourth-order valence-electron chi connectivity index (χ4n) is 3.48. The first-order chi connectivity index (χ1) is 10.4. The second-order valence-corrected chi connectivity index (χ2v) is 6.50. The predicted molar refractivity (Wildman–Crippen MR) is 84.6 cm³/mol. The minimum absolute atomic E-state index is 0.338. The lowest BCUT2D eigenvalue weighted by atomic mass is 9.90. The molecule has 1 aliphatic carbocycles. The van der Waals surface area contributed by atoms with Crippen LogP contribution in [-0.2, 0) is 4.74 Å². The molecule has 0 spiro atoms. The molecule has 4 rings (SSSR count). The summed E-state index contributed by atoms with van der Waals surface area (Å²) in [6.07, 6.45) is 5.20. The minimum atomic E-state index is 0.338. The van der Waals surface area contributed by atoms with Gasteiger partial charge in [0.15, 0.2) is 0 Å². The number of nitrogens with one attached hydrogen (secondary N) is 1. The van der Waals surface area contributed by atoms with Gasteiger partial charge in [-0.05, 0) is 24.3 Å². The van der Waals surface area contributed by atoms with Gasteiger partial charge in [0.1, 0.15) is 10.6 Å². The first-order valence-corrected chi connectivity index (χ1v) is 8.35. The van der Waals surface area contributed by atoms with E-state index in [4.69, 9.17) is 10.6 Å². The van der Waals surface area contributed by atoms with Crippen LogP contribution in [-0.4, -0.2) is 35.3 Å². The van der Waals surface area contributed by atoms with Crippen LogP contribution in [0.5, 0.6) is 0 Å². The standard InChI is InChI=1S/C14H19N5OS/c15-18-14-16-12(9-5-8-21-13(9)17-14)19-6-7-20-11-4-2-1-3-10(11)19/h5,8,10-11H,1-4,6-7,15H2,(H,16,17,18). The Labute approximate surface area is 127 Å². The predicted octanol–water partition coefficient (Wildman–Crippen LogP) is 2.12. The molecular weight excluding hydrogens is 286 g/mol. The molecule has 2 fully saturated rings. The van der Waals surface area contributed by atoms with Gasteiger partial charge in [-0.25, -0.2) is 10.8 Å². The number of thiophene rings is 1. The summed E-state index contributed by atoms with van der Waals surface area (Å²) in [6, 6.07) is 2.53. The average Bonchev–Trinajstić information content (AvgIpc) is 3.02. The molecule has 2 aliphatic rings. The van der Waals surface area contributed by atoms with Crippen LogP contribution in [0.3, 0.4) is 0 Å². The molecule has 21 heavy (non-hydrogen) atoms. The van der Waals surface area contributed by atoms with E-state index in [1.54, 1.807) is 11.3 Å². The largest absolute Gasteiger partial charge is 0.374 e. The first-order valence-electron chi connectivity index (χ1n) is 7.47. The van der Waals surface area contributed by atoms with Crippen LogP contribution in [0.4, 0.5) is 11.8 Å². The summed E-state index contributed by atoms with van der Waals surface area (Å²) in [5.74, 6) is 7.01. The van der Waals surface area contributed by atoms with Crippen molar-refractivity contribution in [2.75, 3.05) is 23.5 Å². The van der Waals surface area contributed by atoms with E-state index < -0.39 is 0 Å². The molecular formula is C14H19N5OS. The molecule has 1 aliphatic heterocycles. The van der Waals surface area contributed by atoms with Gasteiger partial charge in [0, 0.05) is 6.54 Å². The topological polar surface area (TPSA) is 76.3 Å². The molecule has 0 bridgehead atoms. The highest BCUT2D eigenvalue weighted by Crippen LogP contribution is 2.35. The zero-order valence-corrected chi connectivity index (χ0v) is 12.6. The van der Waals surface area contributed by atoms with Gasteiger partial charge in [0.25, 0.3) is 0 Å². The summed E-state index contributed by atoms with van der Waals surface area (Å²) >= 11 is 1.62. The van der Waals surface area contributed by atoms with Crippen molar-refractivity contribution >= 4 is 33.3 Å². The molecule has 2 unspecified atom stereocenters. The molecule has 1 saturated carbocycles. The molecule has 1 saturated heterocycles. The van der Waals surface area contributed by atoms with Gasteiger partial charge in [-0.2, -0.15) is 4.98 Å². The molecule has 2 atom stereocenters. The molecule has 0 radical (unpaired) electrons. The number of nitrogens with zero attached hydrogens (tertiary/aromatic N) is 3. The number of rotatable bonds is 2. The van der Waals surface area contributed by atoms with Crippen molar-refractivity contribution in [3.8, 4) is 0 Å². The van der Waals surface area contributed by atoms with E-state index in [1.807, 2.05) is 0 Å². The van der Waals surface area contributed by atoms with Gasteiger partial charge < -0.3 is 9.64 Å². The van der Waals surface area contributed by atoms with Crippen molar-refractivity contribution in [3.05, 3.63) is 11.4 Å². The zero-order valence-electron chi connectivity index (χ0n) is 11.8. The number of aromatic nitrogens is 2. The molecule has 2 aromatic rings. The van der Waals surface area contributed by atoms with Crippen molar-refractivity contribution in [1.82, 2.24) is 9.97 Å². The van der Waals surface area contributed by atoms with Crippen molar-refractivity contribution in [3.63, 3.8) is 0 Å². The van der Waals surface area contributed by atoms with E-state index >= 15 is 0 Å². The lowest BCUT2D eigenvalue weighted by Gasteiger charge is -2.44. The highest BCUT2D eigenvalue weighted by atomic mass is 32.1. The number of fused-ring (bicyclic) bond motifs is 2. The molecule has 0 aromatic carbocycles. The fourth-order valence-corrected chi connectivity index (χ4v) is 4.24. The third kappa shape index (κ3) is 2.25. The normalized spacial score (nSPS) is 25.9. The maximum absolute atomic E-state index is 5.96. The van der Waals surface area contributed by atoms with Crippen LogP contribution in [0, 0.1) is 0 Å². The summed E-state index contributed by atoms with van der Waals surface area (Å²) in [4.78, 5) is 12.4. The molecule has 3 heterocycles. The summed E-state index contributed by atoms with van der Waals surface area (Å²) in [5.41, 5.74) is 2.59. The van der Waals surface area contributed by atoms with Crippen molar-refractivity contribution in [1.29, 1.82) is 0 Å². The average molecular weight is 305 g/mol. The SMILES string of the molecule is NNc1nc(N2CCOC3CCCCC32)c2ccsc2n1. The van der Waals surface area contributed by atoms with Crippen LogP contribution >= 0.6 is 11.3 Å². The first kappa shape index (κ1) is 13.2. The maximum Gasteiger partial charge on any atom is 0.240 e. The highest BCUT2D eigenvalue weighted by Gasteiger charge is 2.35. The highest BCUT2D eigenvalue weighted by molar-refractivity contribution is 7.16. The number of hydrogen-bond acceptors (Lipinski definition) is 7. The Morgan fingerprint density at radius 2 is 2.24 bits per heavy atom. The van der Waals surface area contributed by atoms with E-state index in [-0.39, 0.29) is 0 Å².